The second-order valence-corrected chi connectivity index (χ2v) is 9.27. The van der Waals surface area contributed by atoms with E-state index >= 15 is 0 Å². The van der Waals surface area contributed by atoms with Gasteiger partial charge in [0.1, 0.15) is 17.2 Å². The van der Waals surface area contributed by atoms with Gasteiger partial charge in [-0.2, -0.15) is 10.2 Å². The summed E-state index contributed by atoms with van der Waals surface area (Å²) in [6.45, 7) is 0.621. The van der Waals surface area contributed by atoms with Crippen molar-refractivity contribution in [3.8, 4) is 33.6 Å². The molecule has 1 atom stereocenters. The van der Waals surface area contributed by atoms with Crippen LogP contribution in [0.15, 0.2) is 67.1 Å². The van der Waals surface area contributed by atoms with E-state index in [0.29, 0.717) is 12.2 Å². The maximum atomic E-state index is 14.7. The van der Waals surface area contributed by atoms with Crippen LogP contribution in [0.4, 0.5) is 4.39 Å². The van der Waals surface area contributed by atoms with E-state index in [2.05, 4.69) is 36.4 Å². The summed E-state index contributed by atoms with van der Waals surface area (Å²) in [4.78, 5) is 9.91. The summed E-state index contributed by atoms with van der Waals surface area (Å²) >= 11 is 0. The van der Waals surface area contributed by atoms with E-state index in [1.165, 1.54) is 12.1 Å². The third-order valence-electron chi connectivity index (χ3n) is 6.40. The molecule has 0 saturated carbocycles. The molecule has 6 rings (SSSR count). The molecule has 0 amide bonds. The van der Waals surface area contributed by atoms with Crippen molar-refractivity contribution >= 4 is 21.9 Å². The monoisotopic (exact) mass is 480 g/mol. The lowest BCUT2D eigenvalue weighted by molar-refractivity contribution is 0.376. The molecule has 0 aliphatic carbocycles. The van der Waals surface area contributed by atoms with Crippen LogP contribution in [0.3, 0.4) is 0 Å². The number of aromatic amines is 3. The van der Waals surface area contributed by atoms with E-state index in [9.17, 15) is 4.39 Å². The molecule has 0 spiro atoms. The number of H-pyrrole nitrogens is 3. The fourth-order valence-corrected chi connectivity index (χ4v) is 4.69. The number of fused-ring (bicyclic) bond motifs is 2. The molecular weight excluding hydrogens is 455 g/mol. The van der Waals surface area contributed by atoms with Crippen molar-refractivity contribution in [1.82, 2.24) is 35.3 Å². The highest BCUT2D eigenvalue weighted by atomic mass is 19.1. The lowest BCUT2D eigenvalue weighted by Gasteiger charge is -2.18. The molecule has 180 valence electrons. The summed E-state index contributed by atoms with van der Waals surface area (Å²) in [5, 5.41) is 16.5. The Balaban J connectivity index is 1.45. The number of pyridine rings is 1. The second-order valence-electron chi connectivity index (χ2n) is 9.27. The predicted molar refractivity (Wildman–Crippen MR) is 140 cm³/mol. The zero-order valence-corrected chi connectivity index (χ0v) is 19.9. The normalized spacial score (nSPS) is 12.7. The summed E-state index contributed by atoms with van der Waals surface area (Å²) in [5.41, 5.74) is 14.0. The van der Waals surface area contributed by atoms with Gasteiger partial charge in [-0.15, -0.1) is 0 Å². The molecule has 1 unspecified atom stereocenters. The van der Waals surface area contributed by atoms with Gasteiger partial charge in [0.15, 0.2) is 0 Å². The lowest BCUT2D eigenvalue weighted by Crippen LogP contribution is -2.26. The zero-order valence-electron chi connectivity index (χ0n) is 19.9. The van der Waals surface area contributed by atoms with Crippen LogP contribution in [0.5, 0.6) is 0 Å². The van der Waals surface area contributed by atoms with Gasteiger partial charge in [-0.25, -0.2) is 9.37 Å². The summed E-state index contributed by atoms with van der Waals surface area (Å²) in [7, 11) is 3.90. The Labute approximate surface area is 206 Å². The first-order chi connectivity index (χ1) is 17.5. The van der Waals surface area contributed by atoms with Crippen molar-refractivity contribution in [2.24, 2.45) is 5.73 Å². The third kappa shape index (κ3) is 3.94. The Bertz CT molecular complexity index is 1680. The van der Waals surface area contributed by atoms with Crippen LogP contribution in [-0.2, 0) is 0 Å². The van der Waals surface area contributed by atoms with Gasteiger partial charge in [0, 0.05) is 41.3 Å². The van der Waals surface area contributed by atoms with E-state index in [1.54, 1.807) is 12.4 Å². The number of hydrogen-bond acceptors (Lipinski definition) is 5. The van der Waals surface area contributed by atoms with Crippen molar-refractivity contribution < 1.29 is 4.39 Å². The minimum absolute atomic E-state index is 0.298. The second kappa shape index (κ2) is 8.71. The summed E-state index contributed by atoms with van der Waals surface area (Å²) in [6, 6.07) is 14.7. The van der Waals surface area contributed by atoms with Gasteiger partial charge in [-0.05, 0) is 78.8 Å². The average Bonchev–Trinajstić information content (AvgIpc) is 3.61. The van der Waals surface area contributed by atoms with E-state index in [-0.39, 0.29) is 11.9 Å². The first-order valence-corrected chi connectivity index (χ1v) is 11.6. The van der Waals surface area contributed by atoms with Crippen LogP contribution in [0.2, 0.25) is 0 Å². The molecule has 8 nitrogen and oxygen atoms in total. The average molecular weight is 481 g/mol. The van der Waals surface area contributed by atoms with Crippen molar-refractivity contribution in [2.45, 2.75) is 6.04 Å². The summed E-state index contributed by atoms with van der Waals surface area (Å²) in [6.07, 6.45) is 5.37. The topological polar surface area (TPSA) is 115 Å². The van der Waals surface area contributed by atoms with E-state index in [0.717, 1.165) is 55.5 Å². The third-order valence-corrected chi connectivity index (χ3v) is 6.40. The maximum Gasteiger partial charge on any atom is 0.138 e. The van der Waals surface area contributed by atoms with Gasteiger partial charge in [-0.1, -0.05) is 6.07 Å². The first kappa shape index (κ1) is 22.1. The molecule has 5 N–H and O–H groups in total. The highest BCUT2D eigenvalue weighted by molar-refractivity contribution is 6.00. The molecule has 36 heavy (non-hydrogen) atoms. The van der Waals surface area contributed by atoms with E-state index < -0.39 is 0 Å². The zero-order chi connectivity index (χ0) is 24.8. The molecule has 0 aliphatic heterocycles. The van der Waals surface area contributed by atoms with Gasteiger partial charge >= 0.3 is 0 Å². The van der Waals surface area contributed by atoms with Crippen LogP contribution < -0.4 is 5.73 Å². The first-order valence-electron chi connectivity index (χ1n) is 11.6. The SMILES string of the molecule is CN(C)CC(N)c1cc(F)cc(-c2ccnc3[nH]c(-c4n[nH]c5ccc(-c6cn[nH]c6)cc45)cc23)c1. The molecule has 6 aromatic rings. The Morgan fingerprint density at radius 2 is 1.89 bits per heavy atom. The van der Waals surface area contributed by atoms with Gasteiger partial charge < -0.3 is 15.6 Å². The largest absolute Gasteiger partial charge is 0.338 e. The smallest absolute Gasteiger partial charge is 0.138 e. The Kier molecular flexibility index (Phi) is 5.36. The number of benzene rings is 2. The summed E-state index contributed by atoms with van der Waals surface area (Å²) in [5.74, 6) is -0.317. The molecule has 4 aromatic heterocycles. The number of nitrogens with zero attached hydrogens (tertiary/aromatic N) is 4. The van der Waals surface area contributed by atoms with Crippen molar-refractivity contribution in [3.63, 3.8) is 0 Å². The van der Waals surface area contributed by atoms with Gasteiger partial charge in [0.05, 0.1) is 17.4 Å². The Hall–Kier alpha value is -4.34. The number of nitrogens with two attached hydrogens (primary N) is 1. The minimum Gasteiger partial charge on any atom is -0.338 e. The summed E-state index contributed by atoms with van der Waals surface area (Å²) < 4.78 is 14.7. The molecule has 9 heteroatoms. The van der Waals surface area contributed by atoms with Crippen LogP contribution >= 0.6 is 0 Å². The minimum atomic E-state index is -0.317. The number of halogens is 1. The molecule has 0 saturated heterocycles. The Morgan fingerprint density at radius 1 is 1.00 bits per heavy atom. The molecule has 0 fully saturated rings. The molecule has 2 aromatic carbocycles. The quantitative estimate of drug-likeness (QED) is 0.272. The molecule has 0 radical (unpaired) electrons. The van der Waals surface area contributed by atoms with Crippen LogP contribution in [0, 0.1) is 5.82 Å². The number of likely N-dealkylation sites (N-methyl/N-ethyl adjacent to an activating group) is 1. The van der Waals surface area contributed by atoms with Gasteiger partial charge in [0.2, 0.25) is 0 Å². The van der Waals surface area contributed by atoms with Gasteiger partial charge in [0.25, 0.3) is 0 Å². The van der Waals surface area contributed by atoms with Crippen LogP contribution in [-0.4, -0.2) is 55.9 Å². The van der Waals surface area contributed by atoms with Crippen molar-refractivity contribution in [1.29, 1.82) is 0 Å². The highest BCUT2D eigenvalue weighted by Crippen LogP contribution is 2.35. The number of hydrogen-bond donors (Lipinski definition) is 4. The molecule has 0 aliphatic rings. The number of aromatic nitrogens is 6. The number of rotatable bonds is 6. The number of nitrogens with one attached hydrogen (secondary N) is 3. The van der Waals surface area contributed by atoms with Crippen molar-refractivity contribution in [2.75, 3.05) is 20.6 Å². The van der Waals surface area contributed by atoms with Crippen LogP contribution in [0.25, 0.3) is 55.6 Å². The predicted octanol–water partition coefficient (Wildman–Crippen LogP) is 4.86. The fraction of sp³-hybridized carbons (Fsp3) is 0.148. The van der Waals surface area contributed by atoms with Gasteiger partial charge in [-0.3, -0.25) is 10.2 Å². The standard InChI is InChI=1S/C27H25FN8/c1-36(2)14-23(29)17-7-16(8-19(28)9-17)20-5-6-30-27-21(20)11-25(33-27)26-22-10-15(18-12-31-32-13-18)3-4-24(22)34-35-26/h3-13,23H,14,29H2,1-2H3,(H,30,33)(H,31,32)(H,34,35). The highest BCUT2D eigenvalue weighted by Gasteiger charge is 2.17. The molecular formula is C27H25FN8. The molecule has 0 bridgehead atoms. The van der Waals surface area contributed by atoms with Crippen molar-refractivity contribution in [3.05, 3.63) is 78.5 Å². The van der Waals surface area contributed by atoms with Crippen LogP contribution in [0.1, 0.15) is 11.6 Å². The lowest BCUT2D eigenvalue weighted by atomic mass is 9.98. The molecule has 4 heterocycles. The maximum absolute atomic E-state index is 14.7. The fourth-order valence-electron chi connectivity index (χ4n) is 4.69. The van der Waals surface area contributed by atoms with E-state index in [1.807, 2.05) is 55.5 Å². The Morgan fingerprint density at radius 3 is 2.69 bits per heavy atom. The van der Waals surface area contributed by atoms with E-state index in [4.69, 9.17) is 5.73 Å².